The average molecular weight is 485 g/mol. The molecule has 0 aliphatic carbocycles. The smallest absolute Gasteiger partial charge is 0.331 e. The Morgan fingerprint density at radius 3 is 2.33 bits per heavy atom. The van der Waals surface area contributed by atoms with Crippen LogP contribution in [0.5, 0.6) is 0 Å². The summed E-state index contributed by atoms with van der Waals surface area (Å²) < 4.78 is 15.1. The van der Waals surface area contributed by atoms with Gasteiger partial charge < -0.3 is 24.4 Å². The highest BCUT2D eigenvalue weighted by atomic mass is 79.9. The molecule has 162 valence electrons. The van der Waals surface area contributed by atoms with Gasteiger partial charge in [-0.05, 0) is 17.7 Å². The van der Waals surface area contributed by atoms with Crippen LogP contribution in [-0.2, 0) is 39.9 Å². The fraction of sp³-hybridized carbons (Fsp3) is 0.421. The van der Waals surface area contributed by atoms with Gasteiger partial charge in [0.1, 0.15) is 19.3 Å². The molecule has 0 radical (unpaired) electrons. The Kier molecular flexibility index (Phi) is 7.93. The minimum atomic E-state index is -1.29. The molecule has 0 saturated heterocycles. The normalized spacial score (nSPS) is 14.4. The maximum atomic E-state index is 12.9. The largest absolute Gasteiger partial charge is 0.467 e. The summed E-state index contributed by atoms with van der Waals surface area (Å²) in [4.78, 5) is 61.4. The number of halogens is 1. The Bertz CT molecular complexity index is 872. The number of benzene rings is 1. The molecular weight excluding hydrogens is 464 g/mol. The SMILES string of the molecule is COC(=O)[C@H](COC(C)=O)NC(=O)[C@H](COC(C)=O)N1Cc2c(Br)cccc2C1=O. The first-order valence-corrected chi connectivity index (χ1v) is 9.68. The first kappa shape index (κ1) is 23.3. The zero-order valence-corrected chi connectivity index (χ0v) is 18.2. The van der Waals surface area contributed by atoms with Gasteiger partial charge in [-0.15, -0.1) is 0 Å². The molecule has 0 fully saturated rings. The Morgan fingerprint density at radius 2 is 1.77 bits per heavy atom. The maximum Gasteiger partial charge on any atom is 0.331 e. The van der Waals surface area contributed by atoms with Crippen molar-refractivity contribution in [3.8, 4) is 0 Å². The van der Waals surface area contributed by atoms with Crippen molar-refractivity contribution in [2.24, 2.45) is 0 Å². The van der Waals surface area contributed by atoms with Gasteiger partial charge in [0.05, 0.1) is 7.11 Å². The van der Waals surface area contributed by atoms with Gasteiger partial charge in [0, 0.05) is 30.4 Å². The van der Waals surface area contributed by atoms with Gasteiger partial charge in [0.2, 0.25) is 5.91 Å². The molecule has 2 atom stereocenters. The van der Waals surface area contributed by atoms with E-state index in [0.29, 0.717) is 15.6 Å². The van der Waals surface area contributed by atoms with Crippen LogP contribution in [0, 0.1) is 0 Å². The standard InChI is InChI=1S/C19H21BrN2O8/c1-10(23)29-8-15(19(27)28-3)21-17(25)16(9-30-11(2)24)22-7-13-12(18(22)26)5-4-6-14(13)20/h4-6,15-16H,7-9H2,1-3H3,(H,21,25)/t15-,16-/m0/s1. The number of amides is 2. The number of carbonyl (C=O) groups is 5. The number of rotatable bonds is 8. The second-order valence-electron chi connectivity index (χ2n) is 6.40. The maximum absolute atomic E-state index is 12.9. The molecule has 2 rings (SSSR count). The Morgan fingerprint density at radius 1 is 1.13 bits per heavy atom. The van der Waals surface area contributed by atoms with Crippen molar-refractivity contribution in [3.05, 3.63) is 33.8 Å². The minimum Gasteiger partial charge on any atom is -0.467 e. The zero-order chi connectivity index (χ0) is 22.4. The van der Waals surface area contributed by atoms with Crippen molar-refractivity contribution in [2.45, 2.75) is 32.5 Å². The molecule has 10 nitrogen and oxygen atoms in total. The molecule has 1 N–H and O–H groups in total. The molecule has 0 bridgehead atoms. The van der Waals surface area contributed by atoms with Crippen LogP contribution in [0.4, 0.5) is 0 Å². The average Bonchev–Trinajstić information content (AvgIpc) is 3.02. The number of nitrogens with zero attached hydrogens (tertiary/aromatic N) is 1. The number of fused-ring (bicyclic) bond motifs is 1. The van der Waals surface area contributed by atoms with Crippen molar-refractivity contribution < 1.29 is 38.2 Å². The first-order valence-electron chi connectivity index (χ1n) is 8.89. The van der Waals surface area contributed by atoms with Gasteiger partial charge in [-0.25, -0.2) is 4.79 Å². The molecule has 0 saturated carbocycles. The van der Waals surface area contributed by atoms with Gasteiger partial charge in [0.15, 0.2) is 6.04 Å². The van der Waals surface area contributed by atoms with E-state index in [0.717, 1.165) is 14.0 Å². The lowest BCUT2D eigenvalue weighted by Gasteiger charge is -2.28. The van der Waals surface area contributed by atoms with Crippen molar-refractivity contribution >= 4 is 45.7 Å². The van der Waals surface area contributed by atoms with E-state index in [1.165, 1.54) is 11.8 Å². The lowest BCUT2D eigenvalue weighted by atomic mass is 10.1. The Balaban J connectivity index is 2.25. The van der Waals surface area contributed by atoms with Crippen LogP contribution in [0.3, 0.4) is 0 Å². The molecule has 30 heavy (non-hydrogen) atoms. The Hall–Kier alpha value is -2.95. The summed E-state index contributed by atoms with van der Waals surface area (Å²) >= 11 is 3.38. The summed E-state index contributed by atoms with van der Waals surface area (Å²) in [6.45, 7) is 1.55. The van der Waals surface area contributed by atoms with Crippen LogP contribution in [0.1, 0.15) is 29.8 Å². The van der Waals surface area contributed by atoms with Crippen molar-refractivity contribution in [3.63, 3.8) is 0 Å². The number of nitrogens with one attached hydrogen (secondary N) is 1. The van der Waals surface area contributed by atoms with E-state index < -0.39 is 55.0 Å². The summed E-state index contributed by atoms with van der Waals surface area (Å²) in [6, 6.07) is 2.57. The van der Waals surface area contributed by atoms with E-state index in [1.807, 2.05) is 0 Å². The predicted molar refractivity (Wildman–Crippen MR) is 105 cm³/mol. The Labute approximate surface area is 180 Å². The number of esters is 3. The lowest BCUT2D eigenvalue weighted by Crippen LogP contribution is -2.55. The summed E-state index contributed by atoms with van der Waals surface area (Å²) in [5.41, 5.74) is 1.10. The van der Waals surface area contributed by atoms with Gasteiger partial charge in [-0.2, -0.15) is 0 Å². The summed E-state index contributed by atoms with van der Waals surface area (Å²) in [5, 5.41) is 2.40. The van der Waals surface area contributed by atoms with Crippen LogP contribution < -0.4 is 5.32 Å². The number of hydrogen-bond donors (Lipinski definition) is 1. The quantitative estimate of drug-likeness (QED) is 0.418. The van der Waals surface area contributed by atoms with E-state index in [-0.39, 0.29) is 6.54 Å². The summed E-state index contributed by atoms with van der Waals surface area (Å²) in [7, 11) is 1.11. The summed E-state index contributed by atoms with van der Waals surface area (Å²) in [5.74, 6) is -3.31. The van der Waals surface area contributed by atoms with Crippen molar-refractivity contribution in [1.29, 1.82) is 0 Å². The predicted octanol–water partition coefficient (Wildman–Crippen LogP) is 0.558. The van der Waals surface area contributed by atoms with Gasteiger partial charge >= 0.3 is 17.9 Å². The van der Waals surface area contributed by atoms with Gasteiger partial charge in [-0.1, -0.05) is 22.0 Å². The molecule has 1 aliphatic heterocycles. The number of carbonyl (C=O) groups excluding carboxylic acids is 5. The van der Waals surface area contributed by atoms with Crippen LogP contribution in [-0.4, -0.2) is 67.0 Å². The topological polar surface area (TPSA) is 128 Å². The highest BCUT2D eigenvalue weighted by molar-refractivity contribution is 9.10. The van der Waals surface area contributed by atoms with Crippen LogP contribution in [0.15, 0.2) is 22.7 Å². The highest BCUT2D eigenvalue weighted by Gasteiger charge is 2.39. The van der Waals surface area contributed by atoms with E-state index >= 15 is 0 Å². The number of hydrogen-bond acceptors (Lipinski definition) is 8. The molecule has 2 amide bonds. The van der Waals surface area contributed by atoms with Crippen molar-refractivity contribution in [1.82, 2.24) is 10.2 Å². The molecule has 0 unspecified atom stereocenters. The van der Waals surface area contributed by atoms with E-state index in [4.69, 9.17) is 9.47 Å². The minimum absolute atomic E-state index is 0.0990. The van der Waals surface area contributed by atoms with Crippen molar-refractivity contribution in [2.75, 3.05) is 20.3 Å². The molecule has 1 aromatic carbocycles. The first-order chi connectivity index (χ1) is 14.1. The zero-order valence-electron chi connectivity index (χ0n) is 16.6. The highest BCUT2D eigenvalue weighted by Crippen LogP contribution is 2.30. The third-order valence-electron chi connectivity index (χ3n) is 4.32. The van der Waals surface area contributed by atoms with Crippen LogP contribution >= 0.6 is 15.9 Å². The third-order valence-corrected chi connectivity index (χ3v) is 5.06. The molecule has 1 heterocycles. The van der Waals surface area contributed by atoms with Crippen LogP contribution in [0.25, 0.3) is 0 Å². The molecule has 1 aromatic rings. The lowest BCUT2D eigenvalue weighted by molar-refractivity contribution is -0.153. The number of ether oxygens (including phenoxy) is 3. The fourth-order valence-electron chi connectivity index (χ4n) is 2.85. The van der Waals surface area contributed by atoms with E-state index in [2.05, 4.69) is 26.0 Å². The van der Waals surface area contributed by atoms with E-state index in [1.54, 1.807) is 18.2 Å². The molecule has 0 aromatic heterocycles. The molecule has 1 aliphatic rings. The molecular formula is C19H21BrN2O8. The van der Waals surface area contributed by atoms with Gasteiger partial charge in [-0.3, -0.25) is 19.2 Å². The molecule has 11 heteroatoms. The number of methoxy groups -OCH3 is 1. The second-order valence-corrected chi connectivity index (χ2v) is 7.26. The van der Waals surface area contributed by atoms with E-state index in [9.17, 15) is 24.0 Å². The van der Waals surface area contributed by atoms with Gasteiger partial charge in [0.25, 0.3) is 5.91 Å². The summed E-state index contributed by atoms with van der Waals surface area (Å²) in [6.07, 6.45) is 0. The molecule has 0 spiro atoms. The monoisotopic (exact) mass is 484 g/mol. The van der Waals surface area contributed by atoms with Crippen LogP contribution in [0.2, 0.25) is 0 Å². The fourth-order valence-corrected chi connectivity index (χ4v) is 3.34. The third kappa shape index (κ3) is 5.56. The second kappa shape index (κ2) is 10.2.